The minimum Gasteiger partial charge on any atom is -0.309 e. The van der Waals surface area contributed by atoms with Crippen molar-refractivity contribution >= 4 is 0 Å². The molecule has 0 aliphatic carbocycles. The lowest BCUT2D eigenvalue weighted by Gasteiger charge is -2.20. The molecule has 0 aromatic carbocycles. The number of hydrogen-bond acceptors (Lipinski definition) is 2. The SMILES string of the molecule is CC(C)N(C)CCCCCCN(C)C. The Kier molecular flexibility index (Phi) is 8.20. The fourth-order valence-electron chi connectivity index (χ4n) is 1.40. The maximum Gasteiger partial charge on any atom is 0.00355 e. The third-order valence-corrected chi connectivity index (χ3v) is 2.75. The number of rotatable bonds is 8. The summed E-state index contributed by atoms with van der Waals surface area (Å²) in [4.78, 5) is 4.69. The zero-order valence-electron chi connectivity index (χ0n) is 10.7. The summed E-state index contributed by atoms with van der Waals surface area (Å²) in [6, 6.07) is 0.691. The lowest BCUT2D eigenvalue weighted by Crippen LogP contribution is -2.27. The molecule has 0 unspecified atom stereocenters. The van der Waals surface area contributed by atoms with Crippen LogP contribution in [-0.2, 0) is 0 Å². The van der Waals surface area contributed by atoms with Crippen LogP contribution in [0.5, 0.6) is 0 Å². The first-order valence-electron chi connectivity index (χ1n) is 5.89. The quantitative estimate of drug-likeness (QED) is 0.555. The highest BCUT2D eigenvalue weighted by Gasteiger charge is 2.01. The molecule has 14 heavy (non-hydrogen) atoms. The zero-order chi connectivity index (χ0) is 11.0. The maximum atomic E-state index is 2.42. The molecule has 0 aliphatic rings. The molecule has 0 saturated carbocycles. The van der Waals surface area contributed by atoms with E-state index in [4.69, 9.17) is 0 Å². The molecule has 2 nitrogen and oxygen atoms in total. The molecule has 0 saturated heterocycles. The third-order valence-electron chi connectivity index (χ3n) is 2.75. The van der Waals surface area contributed by atoms with E-state index in [-0.39, 0.29) is 0 Å². The first kappa shape index (κ1) is 13.9. The molecule has 86 valence electrons. The summed E-state index contributed by atoms with van der Waals surface area (Å²) in [5.74, 6) is 0. The molecule has 0 spiro atoms. The van der Waals surface area contributed by atoms with E-state index in [0.717, 1.165) is 0 Å². The van der Waals surface area contributed by atoms with Crippen molar-refractivity contribution in [3.8, 4) is 0 Å². The van der Waals surface area contributed by atoms with E-state index >= 15 is 0 Å². The Morgan fingerprint density at radius 3 is 1.71 bits per heavy atom. The lowest BCUT2D eigenvalue weighted by molar-refractivity contribution is 0.266. The molecule has 0 aliphatic heterocycles. The zero-order valence-corrected chi connectivity index (χ0v) is 10.7. The van der Waals surface area contributed by atoms with E-state index in [2.05, 4.69) is 44.8 Å². The standard InChI is InChI=1S/C12H28N2/c1-12(2)14(5)11-9-7-6-8-10-13(3)4/h12H,6-11H2,1-5H3. The van der Waals surface area contributed by atoms with Gasteiger partial charge in [0.05, 0.1) is 0 Å². The summed E-state index contributed by atoms with van der Waals surface area (Å²) in [5, 5.41) is 0. The van der Waals surface area contributed by atoms with Crippen LogP contribution in [0.1, 0.15) is 39.5 Å². The Morgan fingerprint density at radius 2 is 1.29 bits per heavy atom. The highest BCUT2D eigenvalue weighted by atomic mass is 15.1. The predicted octanol–water partition coefficient (Wildman–Crippen LogP) is 2.45. The molecule has 0 fully saturated rings. The predicted molar refractivity (Wildman–Crippen MR) is 64.8 cm³/mol. The van der Waals surface area contributed by atoms with Crippen LogP contribution >= 0.6 is 0 Å². The summed E-state index contributed by atoms with van der Waals surface area (Å²) in [7, 11) is 6.50. The van der Waals surface area contributed by atoms with Gasteiger partial charge in [0.2, 0.25) is 0 Å². The highest BCUT2D eigenvalue weighted by Crippen LogP contribution is 2.03. The van der Waals surface area contributed by atoms with E-state index in [9.17, 15) is 0 Å². The van der Waals surface area contributed by atoms with Crippen molar-refractivity contribution in [2.24, 2.45) is 0 Å². The Morgan fingerprint density at radius 1 is 0.786 bits per heavy atom. The Bertz CT molecular complexity index is 121. The average Bonchev–Trinajstić information content (AvgIpc) is 2.09. The van der Waals surface area contributed by atoms with Gasteiger partial charge in [0.15, 0.2) is 0 Å². The van der Waals surface area contributed by atoms with Gasteiger partial charge in [-0.15, -0.1) is 0 Å². The normalized spacial score (nSPS) is 12.0. The summed E-state index contributed by atoms with van der Waals surface area (Å²) in [6.45, 7) is 7.00. The van der Waals surface area contributed by atoms with Gasteiger partial charge in [-0.2, -0.15) is 0 Å². The molecule has 0 aromatic rings. The van der Waals surface area contributed by atoms with Gasteiger partial charge in [-0.3, -0.25) is 0 Å². The Labute approximate surface area is 90.3 Å². The van der Waals surface area contributed by atoms with Crippen molar-refractivity contribution in [3.05, 3.63) is 0 Å². The van der Waals surface area contributed by atoms with Crippen LogP contribution in [-0.4, -0.2) is 50.1 Å². The number of nitrogens with zero attached hydrogens (tertiary/aromatic N) is 2. The number of hydrogen-bond donors (Lipinski definition) is 0. The van der Waals surface area contributed by atoms with Crippen LogP contribution in [0, 0.1) is 0 Å². The lowest BCUT2D eigenvalue weighted by atomic mass is 10.2. The first-order chi connectivity index (χ1) is 6.54. The van der Waals surface area contributed by atoms with Crippen LogP contribution in [0.15, 0.2) is 0 Å². The van der Waals surface area contributed by atoms with E-state index in [1.165, 1.54) is 38.8 Å². The summed E-state index contributed by atoms with van der Waals surface area (Å²) < 4.78 is 0. The molecule has 0 atom stereocenters. The van der Waals surface area contributed by atoms with Gasteiger partial charge in [-0.25, -0.2) is 0 Å². The topological polar surface area (TPSA) is 6.48 Å². The fourth-order valence-corrected chi connectivity index (χ4v) is 1.40. The maximum absolute atomic E-state index is 2.42. The van der Waals surface area contributed by atoms with Crippen molar-refractivity contribution in [1.29, 1.82) is 0 Å². The van der Waals surface area contributed by atoms with Crippen LogP contribution < -0.4 is 0 Å². The van der Waals surface area contributed by atoms with E-state index in [0.29, 0.717) is 6.04 Å². The molecule has 0 amide bonds. The molecule has 0 N–H and O–H groups in total. The van der Waals surface area contributed by atoms with Gasteiger partial charge in [0.1, 0.15) is 0 Å². The Balaban J connectivity index is 3.13. The molecule has 0 aromatic heterocycles. The average molecular weight is 200 g/mol. The summed E-state index contributed by atoms with van der Waals surface area (Å²) in [5.41, 5.74) is 0. The molecule has 0 bridgehead atoms. The van der Waals surface area contributed by atoms with Gasteiger partial charge >= 0.3 is 0 Å². The molecular formula is C12H28N2. The minimum absolute atomic E-state index is 0.691. The molecule has 0 heterocycles. The van der Waals surface area contributed by atoms with Gasteiger partial charge < -0.3 is 9.80 Å². The first-order valence-corrected chi connectivity index (χ1v) is 5.89. The second-order valence-corrected chi connectivity index (χ2v) is 4.79. The minimum atomic E-state index is 0.691. The van der Waals surface area contributed by atoms with Crippen LogP contribution in [0.25, 0.3) is 0 Å². The van der Waals surface area contributed by atoms with Crippen molar-refractivity contribution < 1.29 is 0 Å². The van der Waals surface area contributed by atoms with Crippen molar-refractivity contribution in [2.45, 2.75) is 45.6 Å². The second kappa shape index (κ2) is 8.25. The van der Waals surface area contributed by atoms with E-state index in [1.54, 1.807) is 0 Å². The number of unbranched alkanes of at least 4 members (excludes halogenated alkanes) is 3. The summed E-state index contributed by atoms with van der Waals surface area (Å²) in [6.07, 6.45) is 5.45. The molecule has 0 radical (unpaired) electrons. The smallest absolute Gasteiger partial charge is 0.00355 e. The highest BCUT2D eigenvalue weighted by molar-refractivity contribution is 4.57. The van der Waals surface area contributed by atoms with Crippen LogP contribution in [0.3, 0.4) is 0 Å². The van der Waals surface area contributed by atoms with Crippen molar-refractivity contribution in [2.75, 3.05) is 34.2 Å². The Hall–Kier alpha value is -0.0800. The van der Waals surface area contributed by atoms with Gasteiger partial charge in [0, 0.05) is 6.04 Å². The van der Waals surface area contributed by atoms with Crippen LogP contribution in [0.4, 0.5) is 0 Å². The molecule has 0 rings (SSSR count). The van der Waals surface area contributed by atoms with Crippen LogP contribution in [0.2, 0.25) is 0 Å². The summed E-state index contributed by atoms with van der Waals surface area (Å²) >= 11 is 0. The van der Waals surface area contributed by atoms with Crippen molar-refractivity contribution in [1.82, 2.24) is 9.80 Å². The molecule has 2 heteroatoms. The fraction of sp³-hybridized carbons (Fsp3) is 1.00. The monoisotopic (exact) mass is 200 g/mol. The van der Waals surface area contributed by atoms with E-state index in [1.807, 2.05) is 0 Å². The van der Waals surface area contributed by atoms with E-state index < -0.39 is 0 Å². The van der Waals surface area contributed by atoms with Gasteiger partial charge in [0.25, 0.3) is 0 Å². The second-order valence-electron chi connectivity index (χ2n) is 4.79. The largest absolute Gasteiger partial charge is 0.309 e. The molecular weight excluding hydrogens is 172 g/mol. The third kappa shape index (κ3) is 8.52. The van der Waals surface area contributed by atoms with Gasteiger partial charge in [-0.05, 0) is 60.9 Å². The van der Waals surface area contributed by atoms with Gasteiger partial charge in [-0.1, -0.05) is 12.8 Å². The van der Waals surface area contributed by atoms with Crippen molar-refractivity contribution in [3.63, 3.8) is 0 Å².